The number of esters is 1. The standard InChI is InChI=1S/C15H18N2O4/c1-9(2)14-16-11-5-4-10(15(19)20)8-12(11)17(14)7-6-13(18)21-3/h4-5,8-9H,6-7H2,1-3H3,(H,19,20). The van der Waals surface area contributed by atoms with Gasteiger partial charge in [0, 0.05) is 12.5 Å². The van der Waals surface area contributed by atoms with Gasteiger partial charge < -0.3 is 14.4 Å². The van der Waals surface area contributed by atoms with Crippen LogP contribution in [-0.2, 0) is 16.1 Å². The van der Waals surface area contributed by atoms with Crippen LogP contribution in [0.2, 0.25) is 0 Å². The first kappa shape index (κ1) is 15.0. The summed E-state index contributed by atoms with van der Waals surface area (Å²) in [5, 5.41) is 9.10. The summed E-state index contributed by atoms with van der Waals surface area (Å²) < 4.78 is 6.55. The van der Waals surface area contributed by atoms with Crippen molar-refractivity contribution in [3.05, 3.63) is 29.6 Å². The Morgan fingerprint density at radius 2 is 2.10 bits per heavy atom. The van der Waals surface area contributed by atoms with Gasteiger partial charge in [-0.2, -0.15) is 0 Å². The van der Waals surface area contributed by atoms with Crippen LogP contribution in [0.25, 0.3) is 11.0 Å². The average molecular weight is 290 g/mol. The van der Waals surface area contributed by atoms with Crippen molar-refractivity contribution in [1.29, 1.82) is 0 Å². The molecule has 1 N–H and O–H groups in total. The molecule has 0 spiro atoms. The van der Waals surface area contributed by atoms with E-state index >= 15 is 0 Å². The van der Waals surface area contributed by atoms with E-state index < -0.39 is 5.97 Å². The lowest BCUT2D eigenvalue weighted by atomic mass is 10.2. The van der Waals surface area contributed by atoms with Crippen LogP contribution in [0.1, 0.15) is 42.4 Å². The number of carbonyl (C=O) groups excluding carboxylic acids is 1. The first-order valence-corrected chi connectivity index (χ1v) is 6.74. The van der Waals surface area contributed by atoms with E-state index in [4.69, 9.17) is 5.11 Å². The van der Waals surface area contributed by atoms with Crippen LogP contribution < -0.4 is 0 Å². The molecule has 0 saturated heterocycles. The summed E-state index contributed by atoms with van der Waals surface area (Å²) >= 11 is 0. The molecule has 1 heterocycles. The lowest BCUT2D eigenvalue weighted by molar-refractivity contribution is -0.140. The molecular weight excluding hydrogens is 272 g/mol. The lowest BCUT2D eigenvalue weighted by Gasteiger charge is -2.10. The van der Waals surface area contributed by atoms with E-state index in [1.807, 2.05) is 18.4 Å². The highest BCUT2D eigenvalue weighted by Gasteiger charge is 2.16. The molecule has 0 fully saturated rings. The monoisotopic (exact) mass is 290 g/mol. The maximum absolute atomic E-state index is 11.3. The van der Waals surface area contributed by atoms with Gasteiger partial charge in [-0.05, 0) is 18.2 Å². The van der Waals surface area contributed by atoms with Crippen LogP contribution in [0.5, 0.6) is 0 Å². The lowest BCUT2D eigenvalue weighted by Crippen LogP contribution is -2.10. The molecule has 0 aliphatic heterocycles. The number of ether oxygens (including phenoxy) is 1. The van der Waals surface area contributed by atoms with Gasteiger partial charge in [0.05, 0.1) is 30.1 Å². The van der Waals surface area contributed by atoms with Crippen LogP contribution in [-0.4, -0.2) is 33.7 Å². The Balaban J connectivity index is 2.51. The van der Waals surface area contributed by atoms with Gasteiger partial charge in [-0.1, -0.05) is 13.8 Å². The molecule has 0 radical (unpaired) electrons. The molecule has 21 heavy (non-hydrogen) atoms. The van der Waals surface area contributed by atoms with Gasteiger partial charge in [-0.25, -0.2) is 9.78 Å². The van der Waals surface area contributed by atoms with Crippen molar-refractivity contribution >= 4 is 23.0 Å². The zero-order valence-electron chi connectivity index (χ0n) is 12.3. The number of fused-ring (bicyclic) bond motifs is 1. The minimum absolute atomic E-state index is 0.170. The van der Waals surface area contributed by atoms with Gasteiger partial charge in [-0.15, -0.1) is 0 Å². The van der Waals surface area contributed by atoms with Gasteiger partial charge in [0.1, 0.15) is 5.82 Å². The number of carboxylic acids is 1. The van der Waals surface area contributed by atoms with E-state index in [9.17, 15) is 9.59 Å². The third-order valence-electron chi connectivity index (χ3n) is 3.31. The fraction of sp³-hybridized carbons (Fsp3) is 0.400. The molecule has 0 aliphatic carbocycles. The third kappa shape index (κ3) is 3.04. The summed E-state index contributed by atoms with van der Waals surface area (Å²) in [7, 11) is 1.35. The van der Waals surface area contributed by atoms with Crippen LogP contribution >= 0.6 is 0 Å². The molecule has 0 aliphatic rings. The number of imidazole rings is 1. The number of nitrogens with zero attached hydrogens (tertiary/aromatic N) is 2. The number of hydrogen-bond acceptors (Lipinski definition) is 4. The van der Waals surface area contributed by atoms with Crippen molar-refractivity contribution in [2.75, 3.05) is 7.11 Å². The maximum atomic E-state index is 11.3. The highest BCUT2D eigenvalue weighted by molar-refractivity contribution is 5.92. The van der Waals surface area contributed by atoms with Gasteiger partial charge >= 0.3 is 11.9 Å². The van der Waals surface area contributed by atoms with Crippen LogP contribution in [0, 0.1) is 0 Å². The molecule has 6 heteroatoms. The first-order valence-electron chi connectivity index (χ1n) is 6.74. The fourth-order valence-corrected chi connectivity index (χ4v) is 2.26. The van der Waals surface area contributed by atoms with Crippen molar-refractivity contribution in [1.82, 2.24) is 9.55 Å². The number of aryl methyl sites for hydroxylation is 1. The van der Waals surface area contributed by atoms with Gasteiger partial charge in [-0.3, -0.25) is 4.79 Å². The summed E-state index contributed by atoms with van der Waals surface area (Å²) in [5.41, 5.74) is 1.66. The SMILES string of the molecule is COC(=O)CCn1c(C(C)C)nc2ccc(C(=O)O)cc21. The largest absolute Gasteiger partial charge is 0.478 e. The number of carbonyl (C=O) groups is 2. The summed E-state index contributed by atoms with van der Waals surface area (Å²) in [6.45, 7) is 4.43. The summed E-state index contributed by atoms with van der Waals surface area (Å²) in [5.74, 6) is -0.288. The Morgan fingerprint density at radius 3 is 2.67 bits per heavy atom. The molecule has 1 aromatic carbocycles. The zero-order valence-corrected chi connectivity index (χ0v) is 12.3. The molecule has 2 rings (SSSR count). The van der Waals surface area contributed by atoms with Crippen LogP contribution in [0.3, 0.4) is 0 Å². The van der Waals surface area contributed by atoms with E-state index in [0.717, 1.165) is 16.9 Å². The second kappa shape index (κ2) is 5.95. The van der Waals surface area contributed by atoms with Gasteiger partial charge in [0.15, 0.2) is 0 Å². The molecule has 0 unspecified atom stereocenters. The summed E-state index contributed by atoms with van der Waals surface area (Å²) in [6.07, 6.45) is 0.221. The number of aromatic nitrogens is 2. The quantitative estimate of drug-likeness (QED) is 0.855. The third-order valence-corrected chi connectivity index (χ3v) is 3.31. The molecule has 0 bridgehead atoms. The smallest absolute Gasteiger partial charge is 0.335 e. The van der Waals surface area contributed by atoms with Crippen molar-refractivity contribution in [3.8, 4) is 0 Å². The number of methoxy groups -OCH3 is 1. The molecular formula is C15H18N2O4. The van der Waals surface area contributed by atoms with Crippen molar-refractivity contribution < 1.29 is 19.4 Å². The van der Waals surface area contributed by atoms with Gasteiger partial charge in [0.2, 0.25) is 0 Å². The maximum Gasteiger partial charge on any atom is 0.335 e. The van der Waals surface area contributed by atoms with E-state index in [1.165, 1.54) is 13.2 Å². The highest BCUT2D eigenvalue weighted by atomic mass is 16.5. The minimum atomic E-state index is -0.983. The first-order chi connectivity index (χ1) is 9.93. The fourth-order valence-electron chi connectivity index (χ4n) is 2.26. The molecule has 112 valence electrons. The average Bonchev–Trinajstić information content (AvgIpc) is 2.82. The Hall–Kier alpha value is -2.37. The predicted octanol–water partition coefficient (Wildman–Crippen LogP) is 2.42. The molecule has 0 amide bonds. The summed E-state index contributed by atoms with van der Waals surface area (Å²) in [4.78, 5) is 27.0. The van der Waals surface area contributed by atoms with Crippen LogP contribution in [0.15, 0.2) is 18.2 Å². The Kier molecular flexibility index (Phi) is 4.26. The second-order valence-electron chi connectivity index (χ2n) is 5.11. The Labute approximate surface area is 122 Å². The van der Waals surface area contributed by atoms with E-state index in [1.54, 1.807) is 12.1 Å². The molecule has 2 aromatic rings. The highest BCUT2D eigenvalue weighted by Crippen LogP contribution is 2.23. The molecule has 0 atom stereocenters. The Morgan fingerprint density at radius 1 is 1.38 bits per heavy atom. The number of carboxylic acid groups (broad SMARTS) is 1. The molecule has 0 saturated carbocycles. The Bertz CT molecular complexity index is 688. The van der Waals surface area contributed by atoms with E-state index in [2.05, 4.69) is 9.72 Å². The normalized spacial score (nSPS) is 11.0. The molecule has 6 nitrogen and oxygen atoms in total. The summed E-state index contributed by atoms with van der Waals surface area (Å²) in [6, 6.07) is 4.82. The van der Waals surface area contributed by atoms with E-state index in [-0.39, 0.29) is 23.9 Å². The van der Waals surface area contributed by atoms with Gasteiger partial charge in [0.25, 0.3) is 0 Å². The number of rotatable bonds is 5. The van der Waals surface area contributed by atoms with E-state index in [0.29, 0.717) is 6.54 Å². The van der Waals surface area contributed by atoms with Crippen molar-refractivity contribution in [3.63, 3.8) is 0 Å². The zero-order chi connectivity index (χ0) is 15.6. The number of benzene rings is 1. The second-order valence-corrected chi connectivity index (χ2v) is 5.11. The van der Waals surface area contributed by atoms with Crippen LogP contribution in [0.4, 0.5) is 0 Å². The molecule has 1 aromatic heterocycles. The minimum Gasteiger partial charge on any atom is -0.478 e. The van der Waals surface area contributed by atoms with Crippen molar-refractivity contribution in [2.24, 2.45) is 0 Å². The number of hydrogen-bond donors (Lipinski definition) is 1. The topological polar surface area (TPSA) is 81.4 Å². The predicted molar refractivity (Wildman–Crippen MR) is 77.4 cm³/mol. The van der Waals surface area contributed by atoms with Crippen molar-refractivity contribution in [2.45, 2.75) is 32.7 Å². The number of aromatic carboxylic acids is 1.